The molecule has 1 aliphatic rings. The largest absolute Gasteiger partial charge is 0.481 e. The molecule has 2 rings (SSSR count). The zero-order chi connectivity index (χ0) is 17.0. The van der Waals surface area contributed by atoms with Gasteiger partial charge in [0.1, 0.15) is 0 Å². The molecule has 126 valence electrons. The average Bonchev–Trinajstić information content (AvgIpc) is 2.54. The van der Waals surface area contributed by atoms with E-state index in [9.17, 15) is 9.59 Å². The molecule has 23 heavy (non-hydrogen) atoms. The van der Waals surface area contributed by atoms with Crippen LogP contribution in [-0.2, 0) is 9.59 Å². The number of hydrogen-bond acceptors (Lipinski definition) is 2. The molecule has 1 aromatic rings. The van der Waals surface area contributed by atoms with Crippen LogP contribution in [0.2, 0.25) is 0 Å². The van der Waals surface area contributed by atoms with Crippen molar-refractivity contribution >= 4 is 11.9 Å². The highest BCUT2D eigenvalue weighted by Gasteiger charge is 2.28. The SMILES string of the molecule is CC(C)c1ccc(C(C)CC(=O)N2CCC[C@H](C(=O)O)C2)cc1. The van der Waals surface area contributed by atoms with Crippen molar-refractivity contribution in [1.82, 2.24) is 4.90 Å². The Kier molecular flexibility index (Phi) is 5.80. The Bertz CT molecular complexity index is 550. The normalized spacial score (nSPS) is 19.7. The fraction of sp³-hybridized carbons (Fsp3) is 0.579. The number of nitrogens with zero attached hydrogens (tertiary/aromatic N) is 1. The minimum Gasteiger partial charge on any atom is -0.481 e. The van der Waals surface area contributed by atoms with Crippen molar-refractivity contribution in [2.24, 2.45) is 5.92 Å². The summed E-state index contributed by atoms with van der Waals surface area (Å²) in [6, 6.07) is 8.46. The Balaban J connectivity index is 1.95. The first-order chi connectivity index (χ1) is 10.9. The minimum absolute atomic E-state index is 0.0661. The van der Waals surface area contributed by atoms with E-state index >= 15 is 0 Å². The molecule has 1 aliphatic heterocycles. The molecule has 0 aliphatic carbocycles. The topological polar surface area (TPSA) is 57.6 Å². The van der Waals surface area contributed by atoms with Gasteiger partial charge in [0.2, 0.25) is 5.91 Å². The first-order valence-corrected chi connectivity index (χ1v) is 8.49. The fourth-order valence-corrected chi connectivity index (χ4v) is 3.12. The summed E-state index contributed by atoms with van der Waals surface area (Å²) in [7, 11) is 0. The summed E-state index contributed by atoms with van der Waals surface area (Å²) in [5, 5.41) is 9.13. The summed E-state index contributed by atoms with van der Waals surface area (Å²) < 4.78 is 0. The molecule has 4 nitrogen and oxygen atoms in total. The third-order valence-electron chi connectivity index (χ3n) is 4.78. The Morgan fingerprint density at radius 3 is 2.35 bits per heavy atom. The lowest BCUT2D eigenvalue weighted by molar-refractivity contribution is -0.145. The third-order valence-corrected chi connectivity index (χ3v) is 4.78. The molecule has 1 unspecified atom stereocenters. The van der Waals surface area contributed by atoms with Crippen LogP contribution in [0.5, 0.6) is 0 Å². The zero-order valence-corrected chi connectivity index (χ0v) is 14.3. The number of carboxylic acids is 1. The van der Waals surface area contributed by atoms with Gasteiger partial charge in [-0.05, 0) is 35.8 Å². The molecule has 0 spiro atoms. The predicted molar refractivity (Wildman–Crippen MR) is 90.5 cm³/mol. The molecule has 1 heterocycles. The van der Waals surface area contributed by atoms with Gasteiger partial charge in [0.05, 0.1) is 5.92 Å². The summed E-state index contributed by atoms with van der Waals surface area (Å²) in [4.78, 5) is 25.3. The molecule has 1 saturated heterocycles. The Morgan fingerprint density at radius 1 is 1.17 bits per heavy atom. The van der Waals surface area contributed by atoms with Crippen molar-refractivity contribution in [2.45, 2.75) is 51.9 Å². The Hall–Kier alpha value is -1.84. The Morgan fingerprint density at radius 2 is 1.78 bits per heavy atom. The number of piperidine rings is 1. The van der Waals surface area contributed by atoms with Gasteiger partial charge >= 0.3 is 5.97 Å². The summed E-state index contributed by atoms with van der Waals surface area (Å²) in [6.45, 7) is 7.42. The van der Waals surface area contributed by atoms with E-state index in [-0.39, 0.29) is 11.8 Å². The zero-order valence-electron chi connectivity index (χ0n) is 14.3. The summed E-state index contributed by atoms with van der Waals surface area (Å²) >= 11 is 0. The molecular weight excluding hydrogens is 290 g/mol. The highest BCUT2D eigenvalue weighted by Crippen LogP contribution is 2.24. The highest BCUT2D eigenvalue weighted by atomic mass is 16.4. The van der Waals surface area contributed by atoms with Gasteiger partial charge in [-0.2, -0.15) is 0 Å². The van der Waals surface area contributed by atoms with E-state index in [0.29, 0.717) is 31.8 Å². The van der Waals surface area contributed by atoms with Crippen LogP contribution in [0.1, 0.15) is 63.0 Å². The lowest BCUT2D eigenvalue weighted by Gasteiger charge is -2.31. The number of aliphatic carboxylic acids is 1. The van der Waals surface area contributed by atoms with Gasteiger partial charge in [-0.25, -0.2) is 0 Å². The summed E-state index contributed by atoms with van der Waals surface area (Å²) in [5.74, 6) is -0.485. The van der Waals surface area contributed by atoms with E-state index in [1.807, 2.05) is 0 Å². The number of rotatable bonds is 5. The predicted octanol–water partition coefficient (Wildman–Crippen LogP) is 3.63. The lowest BCUT2D eigenvalue weighted by Crippen LogP contribution is -2.42. The molecule has 0 aromatic heterocycles. The second kappa shape index (κ2) is 7.62. The first kappa shape index (κ1) is 17.5. The van der Waals surface area contributed by atoms with Crippen molar-refractivity contribution in [3.8, 4) is 0 Å². The number of carbonyl (C=O) groups excluding carboxylic acids is 1. The quantitative estimate of drug-likeness (QED) is 0.902. The maximum atomic E-state index is 12.5. The number of benzene rings is 1. The molecule has 0 saturated carbocycles. The molecule has 1 amide bonds. The molecule has 1 N–H and O–H groups in total. The van der Waals surface area contributed by atoms with Crippen LogP contribution in [0, 0.1) is 5.92 Å². The van der Waals surface area contributed by atoms with Crippen molar-refractivity contribution in [3.63, 3.8) is 0 Å². The van der Waals surface area contributed by atoms with Gasteiger partial charge < -0.3 is 10.0 Å². The van der Waals surface area contributed by atoms with Crippen LogP contribution in [0.4, 0.5) is 0 Å². The lowest BCUT2D eigenvalue weighted by atomic mass is 9.93. The maximum absolute atomic E-state index is 12.5. The van der Waals surface area contributed by atoms with E-state index in [4.69, 9.17) is 5.11 Å². The number of carboxylic acid groups (broad SMARTS) is 1. The second-order valence-corrected chi connectivity index (χ2v) is 6.94. The average molecular weight is 317 g/mol. The van der Waals surface area contributed by atoms with E-state index in [0.717, 1.165) is 12.0 Å². The van der Waals surface area contributed by atoms with Gasteiger partial charge in [0.25, 0.3) is 0 Å². The van der Waals surface area contributed by atoms with Gasteiger partial charge in [-0.3, -0.25) is 9.59 Å². The fourth-order valence-electron chi connectivity index (χ4n) is 3.12. The second-order valence-electron chi connectivity index (χ2n) is 6.94. The van der Waals surface area contributed by atoms with Gasteiger partial charge in [-0.15, -0.1) is 0 Å². The molecular formula is C19H27NO3. The number of carbonyl (C=O) groups is 2. The van der Waals surface area contributed by atoms with Crippen LogP contribution in [-0.4, -0.2) is 35.0 Å². The molecule has 1 fully saturated rings. The van der Waals surface area contributed by atoms with Crippen LogP contribution in [0.3, 0.4) is 0 Å². The first-order valence-electron chi connectivity index (χ1n) is 8.49. The van der Waals surface area contributed by atoms with Crippen molar-refractivity contribution in [3.05, 3.63) is 35.4 Å². The van der Waals surface area contributed by atoms with Crippen LogP contribution < -0.4 is 0 Å². The standard InChI is InChI=1S/C19H27NO3/c1-13(2)15-6-8-16(9-7-15)14(3)11-18(21)20-10-4-5-17(12-20)19(22)23/h6-9,13-14,17H,4-5,10-12H2,1-3H3,(H,22,23)/t14?,17-/m0/s1. The maximum Gasteiger partial charge on any atom is 0.308 e. The van der Waals surface area contributed by atoms with Crippen LogP contribution >= 0.6 is 0 Å². The van der Waals surface area contributed by atoms with E-state index in [2.05, 4.69) is 45.0 Å². The number of amides is 1. The summed E-state index contributed by atoms with van der Waals surface area (Å²) in [6.07, 6.45) is 1.89. The van der Waals surface area contributed by atoms with Gasteiger partial charge in [0.15, 0.2) is 0 Å². The smallest absolute Gasteiger partial charge is 0.308 e. The van der Waals surface area contributed by atoms with E-state index < -0.39 is 11.9 Å². The van der Waals surface area contributed by atoms with E-state index in [1.165, 1.54) is 5.56 Å². The molecule has 0 bridgehead atoms. The molecule has 2 atom stereocenters. The third kappa shape index (κ3) is 4.57. The van der Waals surface area contributed by atoms with Gasteiger partial charge in [0, 0.05) is 19.5 Å². The van der Waals surface area contributed by atoms with Crippen LogP contribution in [0.15, 0.2) is 24.3 Å². The minimum atomic E-state index is -0.792. The monoisotopic (exact) mass is 317 g/mol. The van der Waals surface area contributed by atoms with Crippen molar-refractivity contribution in [1.29, 1.82) is 0 Å². The summed E-state index contributed by atoms with van der Waals surface area (Å²) in [5.41, 5.74) is 2.46. The van der Waals surface area contributed by atoms with Crippen molar-refractivity contribution in [2.75, 3.05) is 13.1 Å². The molecule has 1 aromatic carbocycles. The Labute approximate surface area is 138 Å². The molecule has 4 heteroatoms. The number of hydrogen-bond donors (Lipinski definition) is 1. The van der Waals surface area contributed by atoms with Crippen LogP contribution in [0.25, 0.3) is 0 Å². The number of likely N-dealkylation sites (tertiary alicyclic amines) is 1. The molecule has 0 radical (unpaired) electrons. The highest BCUT2D eigenvalue weighted by molar-refractivity contribution is 5.78. The van der Waals surface area contributed by atoms with Gasteiger partial charge in [-0.1, -0.05) is 45.0 Å². The van der Waals surface area contributed by atoms with E-state index in [1.54, 1.807) is 4.90 Å². The van der Waals surface area contributed by atoms with Crippen molar-refractivity contribution < 1.29 is 14.7 Å².